The Morgan fingerprint density at radius 1 is 1.17 bits per heavy atom. The number of aryl methyl sites for hydroxylation is 1. The molecule has 0 amide bonds. The quantitative estimate of drug-likeness (QED) is 0.319. The van der Waals surface area contributed by atoms with Crippen molar-refractivity contribution >= 4 is 22.5 Å². The largest absolute Gasteiger partial charge is 0.497 e. The van der Waals surface area contributed by atoms with Crippen LogP contribution in [0.1, 0.15) is 55.8 Å². The second-order valence-electron chi connectivity index (χ2n) is 9.72. The van der Waals surface area contributed by atoms with Crippen LogP contribution in [0.4, 0.5) is 4.39 Å². The van der Waals surface area contributed by atoms with Gasteiger partial charge in [-0.05, 0) is 106 Å². The molecule has 0 saturated carbocycles. The number of pyridine rings is 2. The lowest BCUT2D eigenvalue weighted by Gasteiger charge is -2.41. The molecule has 0 spiro atoms. The minimum absolute atomic E-state index is 0.0915. The van der Waals surface area contributed by atoms with E-state index in [1.807, 2.05) is 24.5 Å². The van der Waals surface area contributed by atoms with E-state index in [0.29, 0.717) is 40.1 Å². The van der Waals surface area contributed by atoms with E-state index >= 15 is 4.39 Å². The van der Waals surface area contributed by atoms with Crippen LogP contribution in [-0.4, -0.2) is 53.3 Å². The van der Waals surface area contributed by atoms with Crippen molar-refractivity contribution in [2.24, 2.45) is 5.41 Å². The van der Waals surface area contributed by atoms with E-state index in [2.05, 4.69) is 27.0 Å². The number of unbranched alkanes of at least 4 members (excludes halogenated alkanes) is 1. The van der Waals surface area contributed by atoms with E-state index in [-0.39, 0.29) is 12.0 Å². The van der Waals surface area contributed by atoms with Crippen LogP contribution in [0.2, 0.25) is 5.02 Å². The molecule has 35 heavy (non-hydrogen) atoms. The van der Waals surface area contributed by atoms with Gasteiger partial charge in [-0.2, -0.15) is 0 Å². The van der Waals surface area contributed by atoms with Crippen molar-refractivity contribution in [1.29, 1.82) is 0 Å². The number of alkyl halides is 1. The van der Waals surface area contributed by atoms with Gasteiger partial charge in [0.1, 0.15) is 11.9 Å². The zero-order chi connectivity index (χ0) is 24.7. The Hall–Kier alpha value is -2.28. The number of rotatable bonds is 11. The molecule has 1 aromatic carbocycles. The number of methoxy groups -OCH3 is 1. The number of aliphatic hydroxyl groups is 1. The van der Waals surface area contributed by atoms with Crippen LogP contribution in [-0.2, 0) is 6.42 Å². The van der Waals surface area contributed by atoms with E-state index in [4.69, 9.17) is 16.3 Å². The van der Waals surface area contributed by atoms with Gasteiger partial charge >= 0.3 is 0 Å². The van der Waals surface area contributed by atoms with Crippen LogP contribution < -0.4 is 4.74 Å². The fraction of sp³-hybridized carbons (Fsp3) is 0.500. The first kappa shape index (κ1) is 25.8. The van der Waals surface area contributed by atoms with Crippen LogP contribution in [0.25, 0.3) is 10.9 Å². The number of nitrogens with zero attached hydrogens (tertiary/aromatic N) is 3. The number of halogens is 2. The number of hydrogen-bond acceptors (Lipinski definition) is 5. The van der Waals surface area contributed by atoms with E-state index in [0.717, 1.165) is 51.7 Å². The SMILES string of the molecule is COc1ccc2ncc(Cl)c([C@@H](F)CCC3(CO)CCN(CCCCc4ccncc4)CC3)c2c1. The van der Waals surface area contributed by atoms with E-state index in [1.165, 1.54) is 11.8 Å². The summed E-state index contributed by atoms with van der Waals surface area (Å²) in [4.78, 5) is 10.9. The highest BCUT2D eigenvalue weighted by atomic mass is 35.5. The van der Waals surface area contributed by atoms with Crippen molar-refractivity contribution in [1.82, 2.24) is 14.9 Å². The predicted octanol–water partition coefficient (Wildman–Crippen LogP) is 6.18. The molecule has 0 radical (unpaired) electrons. The third kappa shape index (κ3) is 6.49. The Labute approximate surface area is 212 Å². The van der Waals surface area contributed by atoms with Crippen LogP contribution in [0.3, 0.4) is 0 Å². The van der Waals surface area contributed by atoms with Gasteiger partial charge in [0.05, 0.1) is 17.6 Å². The first-order chi connectivity index (χ1) is 17.0. The first-order valence-corrected chi connectivity index (χ1v) is 12.9. The molecule has 5 nitrogen and oxygen atoms in total. The number of ether oxygens (including phenoxy) is 1. The lowest BCUT2D eigenvalue weighted by atomic mass is 9.74. The Kier molecular flexibility index (Phi) is 8.93. The minimum Gasteiger partial charge on any atom is -0.497 e. The number of aliphatic hydroxyl groups excluding tert-OH is 1. The summed E-state index contributed by atoms with van der Waals surface area (Å²) in [5.41, 5.74) is 2.27. The van der Waals surface area contributed by atoms with Crippen molar-refractivity contribution < 1.29 is 14.2 Å². The van der Waals surface area contributed by atoms with Gasteiger partial charge in [-0.1, -0.05) is 11.6 Å². The monoisotopic (exact) mass is 499 g/mol. The van der Waals surface area contributed by atoms with Crippen LogP contribution in [0.5, 0.6) is 5.75 Å². The summed E-state index contributed by atoms with van der Waals surface area (Å²) in [7, 11) is 1.59. The molecule has 7 heteroatoms. The fourth-order valence-corrected chi connectivity index (χ4v) is 5.41. The normalized spacial score (nSPS) is 16.9. The van der Waals surface area contributed by atoms with Crippen molar-refractivity contribution in [2.45, 2.75) is 51.1 Å². The predicted molar refractivity (Wildman–Crippen MR) is 139 cm³/mol. The maximum atomic E-state index is 15.6. The average Bonchev–Trinajstić information content (AvgIpc) is 2.90. The van der Waals surface area contributed by atoms with Crippen LogP contribution in [0, 0.1) is 5.41 Å². The summed E-state index contributed by atoms with van der Waals surface area (Å²) in [6.45, 7) is 3.05. The molecule has 1 N–H and O–H groups in total. The molecule has 4 rings (SSSR count). The average molecular weight is 500 g/mol. The molecule has 1 fully saturated rings. The summed E-state index contributed by atoms with van der Waals surface area (Å²) in [6.07, 6.45) is 10.1. The maximum Gasteiger partial charge on any atom is 0.127 e. The topological polar surface area (TPSA) is 58.5 Å². The van der Waals surface area contributed by atoms with Gasteiger partial charge < -0.3 is 14.7 Å². The molecular formula is C28H35ClFN3O2. The van der Waals surface area contributed by atoms with Gasteiger partial charge in [0.15, 0.2) is 0 Å². The molecule has 3 heterocycles. The lowest BCUT2D eigenvalue weighted by molar-refractivity contribution is 0.0298. The standard InChI is InChI=1S/C28H35ClFN3O2/c1-35-22-5-6-26-23(18-22)27(24(29)19-32-26)25(30)7-10-28(20-34)11-16-33(17-12-28)15-3-2-4-21-8-13-31-14-9-21/h5-6,8-9,13-14,18-19,25,34H,2-4,7,10-12,15-17,20H2,1H3/t25-/m0/s1. The number of likely N-dealkylation sites (tertiary alicyclic amines) is 1. The second-order valence-corrected chi connectivity index (χ2v) is 10.1. The molecule has 0 aliphatic carbocycles. The molecular weight excluding hydrogens is 465 g/mol. The number of piperidine rings is 1. The Morgan fingerprint density at radius 3 is 2.66 bits per heavy atom. The molecule has 2 aromatic heterocycles. The minimum atomic E-state index is -1.23. The Bertz CT molecular complexity index is 1090. The summed E-state index contributed by atoms with van der Waals surface area (Å²) in [5, 5.41) is 11.3. The van der Waals surface area contributed by atoms with Crippen LogP contribution >= 0.6 is 11.6 Å². The fourth-order valence-electron chi connectivity index (χ4n) is 5.14. The van der Waals surface area contributed by atoms with Gasteiger partial charge in [0, 0.05) is 36.1 Å². The van der Waals surface area contributed by atoms with Crippen molar-refractivity contribution in [2.75, 3.05) is 33.4 Å². The van der Waals surface area contributed by atoms with Crippen molar-refractivity contribution in [3.05, 3.63) is 65.1 Å². The van der Waals surface area contributed by atoms with Gasteiger partial charge in [-0.25, -0.2) is 4.39 Å². The molecule has 0 bridgehead atoms. The molecule has 3 aromatic rings. The highest BCUT2D eigenvalue weighted by molar-refractivity contribution is 6.32. The number of hydrogen-bond donors (Lipinski definition) is 1. The Morgan fingerprint density at radius 2 is 1.94 bits per heavy atom. The molecule has 1 aliphatic rings. The Balaban J connectivity index is 1.30. The highest BCUT2D eigenvalue weighted by Gasteiger charge is 2.35. The smallest absolute Gasteiger partial charge is 0.127 e. The van der Waals surface area contributed by atoms with E-state index < -0.39 is 6.17 Å². The lowest BCUT2D eigenvalue weighted by Crippen LogP contribution is -2.42. The van der Waals surface area contributed by atoms with Gasteiger partial charge in [0.25, 0.3) is 0 Å². The summed E-state index contributed by atoms with van der Waals surface area (Å²) in [5.74, 6) is 0.648. The van der Waals surface area contributed by atoms with Crippen LogP contribution in [0.15, 0.2) is 48.9 Å². The maximum absolute atomic E-state index is 15.6. The second kappa shape index (κ2) is 12.1. The summed E-state index contributed by atoms with van der Waals surface area (Å²) in [6, 6.07) is 9.59. The zero-order valence-corrected chi connectivity index (χ0v) is 21.2. The molecule has 188 valence electrons. The third-order valence-electron chi connectivity index (χ3n) is 7.50. The number of benzene rings is 1. The van der Waals surface area contributed by atoms with E-state index in [1.54, 1.807) is 13.2 Å². The number of fused-ring (bicyclic) bond motifs is 1. The zero-order valence-electron chi connectivity index (χ0n) is 20.4. The third-order valence-corrected chi connectivity index (χ3v) is 7.80. The summed E-state index contributed by atoms with van der Waals surface area (Å²) >= 11 is 6.40. The molecule has 1 saturated heterocycles. The summed E-state index contributed by atoms with van der Waals surface area (Å²) < 4.78 is 20.9. The van der Waals surface area contributed by atoms with Gasteiger partial charge in [-0.15, -0.1) is 0 Å². The van der Waals surface area contributed by atoms with E-state index in [9.17, 15) is 5.11 Å². The van der Waals surface area contributed by atoms with Crippen molar-refractivity contribution in [3.8, 4) is 5.75 Å². The molecule has 0 unspecified atom stereocenters. The first-order valence-electron chi connectivity index (χ1n) is 12.5. The highest BCUT2D eigenvalue weighted by Crippen LogP contribution is 2.41. The molecule has 1 atom stereocenters. The number of aromatic nitrogens is 2. The van der Waals surface area contributed by atoms with Crippen molar-refractivity contribution in [3.63, 3.8) is 0 Å². The van der Waals surface area contributed by atoms with Gasteiger partial charge in [-0.3, -0.25) is 9.97 Å². The van der Waals surface area contributed by atoms with Gasteiger partial charge in [0.2, 0.25) is 0 Å². The molecule has 1 aliphatic heterocycles.